The van der Waals surface area contributed by atoms with Gasteiger partial charge in [0.15, 0.2) is 25.0 Å². The van der Waals surface area contributed by atoms with Gasteiger partial charge in [0, 0.05) is 0 Å². The van der Waals surface area contributed by atoms with Gasteiger partial charge in [0.1, 0.15) is 0 Å². The fourth-order valence-electron chi connectivity index (χ4n) is 1.32. The van der Waals surface area contributed by atoms with Gasteiger partial charge in [-0.3, -0.25) is 0 Å². The Bertz CT molecular complexity index is 377. The second-order valence-corrected chi connectivity index (χ2v) is 28.9. The summed E-state index contributed by atoms with van der Waals surface area (Å²) in [5.41, 5.74) is 0. The van der Waals surface area contributed by atoms with Crippen molar-refractivity contribution in [1.82, 2.24) is 0 Å². The Labute approximate surface area is 167 Å². The van der Waals surface area contributed by atoms with Crippen molar-refractivity contribution in [1.29, 1.82) is 0 Å². The summed E-state index contributed by atoms with van der Waals surface area (Å²) in [7, 11) is -5.79. The van der Waals surface area contributed by atoms with Crippen LogP contribution in [0.15, 0.2) is 0 Å². The Morgan fingerprint density at radius 3 is 0.720 bits per heavy atom. The summed E-state index contributed by atoms with van der Waals surface area (Å²) in [4.78, 5) is 0. The van der Waals surface area contributed by atoms with Crippen LogP contribution in [0.3, 0.4) is 0 Å². The van der Waals surface area contributed by atoms with Gasteiger partial charge in [-0.25, -0.2) is 0 Å². The number of hydrogen-bond acceptors (Lipinski definition) is 3. The molecule has 0 fully saturated rings. The average molecular weight is 421 g/mol. The summed E-state index contributed by atoms with van der Waals surface area (Å²) in [5.74, 6) is 0. The van der Waals surface area contributed by atoms with E-state index >= 15 is 0 Å². The Kier molecular flexibility index (Phi) is 8.16. The highest BCUT2D eigenvalue weighted by molar-refractivity contribution is 6.86. The Hall–Kier alpha value is 1.06. The fraction of sp³-hybridized carbons (Fsp3) is 1.00. The molecule has 0 aliphatic carbocycles. The molecule has 0 saturated heterocycles. The predicted octanol–water partition coefficient (Wildman–Crippen LogP) is 7.04. The van der Waals surface area contributed by atoms with Crippen molar-refractivity contribution in [2.24, 2.45) is 0 Å². The van der Waals surface area contributed by atoms with Crippen LogP contribution in [0.4, 0.5) is 0 Å². The molecule has 0 aromatic rings. The molecule has 150 valence electrons. The summed E-state index contributed by atoms with van der Waals surface area (Å²) in [6.45, 7) is 34.3. The zero-order valence-corrected chi connectivity index (χ0v) is 24.0. The van der Waals surface area contributed by atoms with Crippen molar-refractivity contribution in [3.63, 3.8) is 0 Å². The first-order chi connectivity index (χ1) is 10.5. The number of hydrogen-bond donors (Lipinski definition) is 0. The summed E-state index contributed by atoms with van der Waals surface area (Å²) < 4.78 is 20.3. The molecule has 3 nitrogen and oxygen atoms in total. The highest BCUT2D eigenvalue weighted by Gasteiger charge is 2.53. The largest absolute Gasteiger partial charge is 0.871 e. The molecular weight excluding hydrogens is 375 g/mol. The van der Waals surface area contributed by atoms with Crippen LogP contribution in [0, 0.1) is 0 Å². The molecule has 0 aromatic carbocycles. The van der Waals surface area contributed by atoms with Crippen LogP contribution < -0.4 is 0 Å². The van der Waals surface area contributed by atoms with Crippen molar-refractivity contribution in [2.75, 3.05) is 0 Å². The van der Waals surface area contributed by atoms with E-state index in [-0.39, 0.29) is 15.1 Å². The molecule has 0 bridgehead atoms. The Morgan fingerprint density at radius 2 is 0.600 bits per heavy atom. The standard InChI is InChI=1S/3C6H15OSi.Al/c3*1-6(2,3)8(4,5)7;/h3*1-5H3;/q3*-1;+3. The van der Waals surface area contributed by atoms with E-state index in [1.165, 1.54) is 0 Å². The van der Waals surface area contributed by atoms with E-state index < -0.39 is 40.1 Å². The van der Waals surface area contributed by atoms with Gasteiger partial charge in [0.25, 0.3) is 0 Å². The molecule has 0 atom stereocenters. The fourth-order valence-corrected chi connectivity index (χ4v) is 13.2. The van der Waals surface area contributed by atoms with E-state index in [1.54, 1.807) is 0 Å². The highest BCUT2D eigenvalue weighted by Crippen LogP contribution is 2.42. The zero-order chi connectivity index (χ0) is 20.7. The summed E-state index contributed by atoms with van der Waals surface area (Å²) >= 11 is -2.22. The smallest absolute Gasteiger partial charge is 0.499 e. The van der Waals surface area contributed by atoms with Crippen LogP contribution in [0.1, 0.15) is 62.3 Å². The first kappa shape index (κ1) is 26.1. The van der Waals surface area contributed by atoms with Crippen molar-refractivity contribution < 1.29 is 10.4 Å². The third-order valence-electron chi connectivity index (χ3n) is 6.59. The molecule has 0 radical (unpaired) electrons. The van der Waals surface area contributed by atoms with Gasteiger partial charge in [-0.2, -0.15) is 0 Å². The molecule has 0 unspecified atom stereocenters. The molecule has 0 saturated carbocycles. The van der Waals surface area contributed by atoms with Crippen molar-refractivity contribution >= 4 is 40.1 Å². The van der Waals surface area contributed by atoms with Crippen molar-refractivity contribution in [3.05, 3.63) is 0 Å². The summed E-state index contributed by atoms with van der Waals surface area (Å²) in [6, 6.07) is 0. The van der Waals surface area contributed by atoms with E-state index in [2.05, 4.69) is 102 Å². The lowest BCUT2D eigenvalue weighted by Gasteiger charge is -2.46. The third-order valence-corrected chi connectivity index (χ3v) is 26.8. The van der Waals surface area contributed by atoms with Crippen molar-refractivity contribution in [3.8, 4) is 0 Å². The molecule has 0 N–H and O–H groups in total. The van der Waals surface area contributed by atoms with E-state index in [0.29, 0.717) is 0 Å². The molecule has 0 aliphatic rings. The molecule has 0 spiro atoms. The normalized spacial score (nSPS) is 15.5. The Morgan fingerprint density at radius 1 is 0.440 bits per heavy atom. The molecule has 0 aromatic heterocycles. The minimum atomic E-state index is -2.22. The molecule has 25 heavy (non-hydrogen) atoms. The SMILES string of the molecule is CC(C)(C)[Si](C)(C)[O][Al]([O][Si](C)(C)C(C)(C)C)[O][Si](C)(C)C(C)(C)C. The first-order valence-corrected chi connectivity index (χ1v) is 19.7. The van der Waals surface area contributed by atoms with Crippen molar-refractivity contribution in [2.45, 2.75) is 117 Å². The van der Waals surface area contributed by atoms with E-state index in [1.807, 2.05) is 0 Å². The molecule has 0 heterocycles. The van der Waals surface area contributed by atoms with E-state index in [9.17, 15) is 0 Å². The van der Waals surface area contributed by atoms with Gasteiger partial charge in [-0.15, -0.1) is 0 Å². The van der Waals surface area contributed by atoms with Gasteiger partial charge in [0.2, 0.25) is 0 Å². The third kappa shape index (κ3) is 7.19. The lowest BCUT2D eigenvalue weighted by Crippen LogP contribution is -2.57. The maximum atomic E-state index is 6.77. The molecule has 0 rings (SSSR count). The molecule has 0 aliphatic heterocycles. The predicted molar refractivity (Wildman–Crippen MR) is 121 cm³/mol. The van der Waals surface area contributed by atoms with Crippen LogP contribution in [0.5, 0.6) is 0 Å². The van der Waals surface area contributed by atoms with Crippen LogP contribution in [-0.4, -0.2) is 40.1 Å². The lowest BCUT2D eigenvalue weighted by molar-refractivity contribution is 0.272. The lowest BCUT2D eigenvalue weighted by atomic mass is 10.2. The minimum Gasteiger partial charge on any atom is -0.499 e. The van der Waals surface area contributed by atoms with Gasteiger partial charge in [-0.05, 0) is 54.4 Å². The quantitative estimate of drug-likeness (QED) is 0.431. The van der Waals surface area contributed by atoms with Crippen LogP contribution in [-0.2, 0) is 10.4 Å². The molecule has 7 heteroatoms. The average Bonchev–Trinajstić information content (AvgIpc) is 2.21. The van der Waals surface area contributed by atoms with Crippen LogP contribution >= 0.6 is 0 Å². The zero-order valence-electron chi connectivity index (χ0n) is 19.8. The van der Waals surface area contributed by atoms with Gasteiger partial charge < -0.3 is 10.4 Å². The maximum Gasteiger partial charge on any atom is 0.871 e. The molecule has 0 amide bonds. The number of rotatable bonds is 6. The maximum absolute atomic E-state index is 6.77. The minimum absolute atomic E-state index is 0.159. The molecular formula is C18H45AlO3Si3. The van der Waals surface area contributed by atoms with Gasteiger partial charge in [-0.1, -0.05) is 62.3 Å². The van der Waals surface area contributed by atoms with Gasteiger partial charge in [0.05, 0.1) is 0 Å². The topological polar surface area (TPSA) is 27.7 Å². The summed E-state index contributed by atoms with van der Waals surface area (Å²) in [6.07, 6.45) is 0. The highest BCUT2D eigenvalue weighted by atomic mass is 28.4. The van der Waals surface area contributed by atoms with E-state index in [4.69, 9.17) is 10.4 Å². The first-order valence-electron chi connectivity index (χ1n) is 9.57. The second kappa shape index (κ2) is 7.83. The Balaban J connectivity index is 5.70. The summed E-state index contributed by atoms with van der Waals surface area (Å²) in [5, 5.41) is 0.476. The van der Waals surface area contributed by atoms with Crippen LogP contribution in [0.25, 0.3) is 0 Å². The van der Waals surface area contributed by atoms with Gasteiger partial charge >= 0.3 is 15.1 Å². The second-order valence-electron chi connectivity index (χ2n) is 11.9. The monoisotopic (exact) mass is 420 g/mol. The van der Waals surface area contributed by atoms with Crippen LogP contribution in [0.2, 0.25) is 54.4 Å². The van der Waals surface area contributed by atoms with E-state index in [0.717, 1.165) is 0 Å².